The molecule has 0 atom stereocenters. The number of aromatic hydroxyl groups is 1. The van der Waals surface area contributed by atoms with E-state index in [0.29, 0.717) is 46.8 Å². The van der Waals surface area contributed by atoms with Gasteiger partial charge in [0.25, 0.3) is 0 Å². The number of hydrogen-bond donors (Lipinski definition) is 2. The minimum atomic E-state index is -0.625. The number of rotatable bonds is 2. The number of carbonyl (C=O) groups is 1. The lowest BCUT2D eigenvalue weighted by molar-refractivity contribution is 0.0970. The fourth-order valence-electron chi connectivity index (χ4n) is 3.32. The Bertz CT molecular complexity index is 1270. The highest BCUT2D eigenvalue weighted by atomic mass is 16.6. The van der Waals surface area contributed by atoms with Crippen molar-refractivity contribution in [1.82, 2.24) is 4.98 Å². The minimum absolute atomic E-state index is 0.124. The van der Waals surface area contributed by atoms with Crippen LogP contribution in [-0.4, -0.2) is 29.2 Å². The summed E-state index contributed by atoms with van der Waals surface area (Å²) in [6.45, 7) is 2.69. The number of ether oxygens (including phenoxy) is 2. The minimum Gasteiger partial charge on any atom is -0.493 e. The predicted molar refractivity (Wildman–Crippen MR) is 101 cm³/mol. The lowest BCUT2D eigenvalue weighted by atomic mass is 10.1. The Morgan fingerprint density at radius 3 is 2.64 bits per heavy atom. The Labute approximate surface area is 158 Å². The van der Waals surface area contributed by atoms with Gasteiger partial charge in [-0.05, 0) is 19.1 Å². The van der Waals surface area contributed by atoms with E-state index in [2.05, 4.69) is 15.2 Å². The molecule has 1 aliphatic heterocycles. The second kappa shape index (κ2) is 6.12. The van der Waals surface area contributed by atoms with Gasteiger partial charge in [-0.25, -0.2) is 0 Å². The second-order valence-electron chi connectivity index (χ2n) is 6.42. The molecule has 1 aliphatic rings. The summed E-state index contributed by atoms with van der Waals surface area (Å²) in [4.78, 5) is 15.3. The van der Waals surface area contributed by atoms with Crippen molar-refractivity contribution in [3.8, 4) is 17.4 Å². The maximum atomic E-state index is 12.5. The number of aryl methyl sites for hydroxylation is 1. The van der Waals surface area contributed by atoms with Crippen molar-refractivity contribution in [3.63, 3.8) is 0 Å². The molecule has 5 rings (SSSR count). The number of carbonyl (C=O) groups excluding carboxylic acids is 1. The van der Waals surface area contributed by atoms with E-state index < -0.39 is 5.91 Å². The summed E-state index contributed by atoms with van der Waals surface area (Å²) in [7, 11) is 0. The molecule has 28 heavy (non-hydrogen) atoms. The average Bonchev–Trinajstić information content (AvgIpc) is 3.20. The van der Waals surface area contributed by atoms with Gasteiger partial charge in [0, 0.05) is 22.4 Å². The number of nitrogens with zero attached hydrogens (tertiary/aromatic N) is 2. The van der Waals surface area contributed by atoms with Crippen LogP contribution in [0.4, 0.5) is 5.69 Å². The summed E-state index contributed by atoms with van der Waals surface area (Å²) >= 11 is 0. The SMILES string of the molecule is Cc1c(C(=O)N=Nc2c(O)[nH]c3cc4c(cc23)OCCO4)oc2ccccc12. The summed E-state index contributed by atoms with van der Waals surface area (Å²) in [6.07, 6.45) is 0. The first-order valence-corrected chi connectivity index (χ1v) is 8.70. The summed E-state index contributed by atoms with van der Waals surface area (Å²) in [5.41, 5.74) is 2.05. The summed E-state index contributed by atoms with van der Waals surface area (Å²) in [6, 6.07) is 10.8. The van der Waals surface area contributed by atoms with E-state index in [1.807, 2.05) is 18.2 Å². The van der Waals surface area contributed by atoms with Crippen LogP contribution < -0.4 is 9.47 Å². The number of H-pyrrole nitrogens is 1. The van der Waals surface area contributed by atoms with Crippen molar-refractivity contribution < 1.29 is 23.8 Å². The number of nitrogens with one attached hydrogen (secondary N) is 1. The van der Waals surface area contributed by atoms with Crippen LogP contribution in [0.1, 0.15) is 16.1 Å². The van der Waals surface area contributed by atoms with Gasteiger partial charge in [-0.1, -0.05) is 18.2 Å². The topological polar surface area (TPSA) is 109 Å². The maximum Gasteiger partial charge on any atom is 0.331 e. The van der Waals surface area contributed by atoms with E-state index >= 15 is 0 Å². The number of hydrogen-bond acceptors (Lipinski definition) is 6. The molecule has 0 bridgehead atoms. The van der Waals surface area contributed by atoms with Crippen LogP contribution >= 0.6 is 0 Å². The molecular weight excluding hydrogens is 362 g/mol. The molecular formula is C20H15N3O5. The third kappa shape index (κ3) is 2.50. The largest absolute Gasteiger partial charge is 0.493 e. The standard InChI is InChI=1S/C20H15N3O5/c1-10-11-4-2-3-5-14(11)28-18(10)20(25)23-22-17-12-8-15-16(27-7-6-26-15)9-13(12)21-19(17)24/h2-5,8-9,21,24H,6-7H2,1H3. The maximum absolute atomic E-state index is 12.5. The van der Waals surface area contributed by atoms with Gasteiger partial charge in [0.1, 0.15) is 18.8 Å². The number of para-hydroxylation sites is 1. The van der Waals surface area contributed by atoms with Crippen LogP contribution in [0.3, 0.4) is 0 Å². The van der Waals surface area contributed by atoms with Crippen molar-refractivity contribution in [2.24, 2.45) is 10.2 Å². The third-order valence-electron chi connectivity index (χ3n) is 4.69. The van der Waals surface area contributed by atoms with Gasteiger partial charge in [0.15, 0.2) is 22.9 Å². The Kier molecular flexibility index (Phi) is 3.58. The van der Waals surface area contributed by atoms with Crippen molar-refractivity contribution >= 4 is 33.5 Å². The van der Waals surface area contributed by atoms with E-state index in [1.165, 1.54) is 0 Å². The number of aromatic nitrogens is 1. The van der Waals surface area contributed by atoms with E-state index in [0.717, 1.165) is 5.39 Å². The monoisotopic (exact) mass is 377 g/mol. The lowest BCUT2D eigenvalue weighted by Crippen LogP contribution is -2.15. The van der Waals surface area contributed by atoms with Crippen molar-refractivity contribution in [1.29, 1.82) is 0 Å². The molecule has 0 aliphatic carbocycles. The molecule has 0 fully saturated rings. The van der Waals surface area contributed by atoms with Gasteiger partial charge in [-0.2, -0.15) is 0 Å². The Morgan fingerprint density at radius 1 is 1.11 bits per heavy atom. The van der Waals surface area contributed by atoms with E-state index in [9.17, 15) is 9.90 Å². The summed E-state index contributed by atoms with van der Waals surface area (Å²) in [5, 5.41) is 19.3. The molecule has 1 amide bonds. The van der Waals surface area contributed by atoms with Gasteiger partial charge >= 0.3 is 5.91 Å². The summed E-state index contributed by atoms with van der Waals surface area (Å²) in [5.74, 6) is 0.430. The molecule has 8 nitrogen and oxygen atoms in total. The Balaban J connectivity index is 1.53. The molecule has 8 heteroatoms. The van der Waals surface area contributed by atoms with Gasteiger partial charge < -0.3 is 24.0 Å². The number of azo groups is 1. The van der Waals surface area contributed by atoms with Crippen LogP contribution in [-0.2, 0) is 0 Å². The lowest BCUT2D eigenvalue weighted by Gasteiger charge is -2.17. The quantitative estimate of drug-likeness (QED) is 0.495. The third-order valence-corrected chi connectivity index (χ3v) is 4.69. The first-order valence-electron chi connectivity index (χ1n) is 8.70. The average molecular weight is 377 g/mol. The molecule has 0 saturated heterocycles. The number of benzene rings is 2. The van der Waals surface area contributed by atoms with Crippen molar-refractivity contribution in [2.45, 2.75) is 6.92 Å². The molecule has 0 radical (unpaired) electrons. The molecule has 2 aromatic carbocycles. The first-order chi connectivity index (χ1) is 13.6. The predicted octanol–water partition coefficient (Wildman–Crippen LogP) is 4.62. The molecule has 0 spiro atoms. The highest BCUT2D eigenvalue weighted by Crippen LogP contribution is 2.42. The second-order valence-corrected chi connectivity index (χ2v) is 6.42. The van der Waals surface area contributed by atoms with Crippen LogP contribution in [0.5, 0.6) is 17.4 Å². The van der Waals surface area contributed by atoms with E-state index in [1.54, 1.807) is 25.1 Å². The smallest absolute Gasteiger partial charge is 0.331 e. The molecule has 0 unspecified atom stereocenters. The molecule has 2 aromatic heterocycles. The molecule has 2 N–H and O–H groups in total. The zero-order valence-corrected chi connectivity index (χ0v) is 14.9. The fourth-order valence-corrected chi connectivity index (χ4v) is 3.32. The molecule has 0 saturated carbocycles. The molecule has 4 aromatic rings. The van der Waals surface area contributed by atoms with Crippen LogP contribution in [0.15, 0.2) is 51.0 Å². The van der Waals surface area contributed by atoms with Crippen LogP contribution in [0.2, 0.25) is 0 Å². The van der Waals surface area contributed by atoms with Crippen molar-refractivity contribution in [2.75, 3.05) is 13.2 Å². The van der Waals surface area contributed by atoms with Gasteiger partial charge in [0.05, 0.1) is 5.52 Å². The summed E-state index contributed by atoms with van der Waals surface area (Å²) < 4.78 is 16.7. The highest BCUT2D eigenvalue weighted by Gasteiger charge is 2.20. The first kappa shape index (κ1) is 16.4. The van der Waals surface area contributed by atoms with E-state index in [4.69, 9.17) is 13.9 Å². The zero-order valence-electron chi connectivity index (χ0n) is 14.9. The van der Waals surface area contributed by atoms with Gasteiger partial charge in [0.2, 0.25) is 5.88 Å². The van der Waals surface area contributed by atoms with Crippen molar-refractivity contribution in [3.05, 3.63) is 47.7 Å². The van der Waals surface area contributed by atoms with Gasteiger partial charge in [-0.3, -0.25) is 4.79 Å². The zero-order chi connectivity index (χ0) is 19.3. The Morgan fingerprint density at radius 2 is 1.86 bits per heavy atom. The van der Waals surface area contributed by atoms with Crippen LogP contribution in [0, 0.1) is 6.92 Å². The van der Waals surface area contributed by atoms with Crippen LogP contribution in [0.25, 0.3) is 21.9 Å². The Hall–Kier alpha value is -3.81. The molecule has 3 heterocycles. The number of furan rings is 1. The highest BCUT2D eigenvalue weighted by molar-refractivity contribution is 6.00. The number of aromatic amines is 1. The van der Waals surface area contributed by atoms with E-state index in [-0.39, 0.29) is 17.3 Å². The number of fused-ring (bicyclic) bond motifs is 3. The number of amides is 1. The normalized spacial score (nSPS) is 13.6. The fraction of sp³-hybridized carbons (Fsp3) is 0.150. The van der Waals surface area contributed by atoms with Gasteiger partial charge in [-0.15, -0.1) is 10.2 Å². The molecule has 140 valence electrons.